The van der Waals surface area contributed by atoms with Crippen LogP contribution in [0.1, 0.15) is 54.4 Å². The third-order valence-corrected chi connectivity index (χ3v) is 4.33. The van der Waals surface area contributed by atoms with Gasteiger partial charge in [0.2, 0.25) is 0 Å². The Morgan fingerprint density at radius 2 is 2.06 bits per heavy atom. The van der Waals surface area contributed by atoms with Crippen molar-refractivity contribution >= 4 is 5.97 Å². The Balaban J connectivity index is 3.02. The maximum Gasteiger partial charge on any atom is 0.314 e. The van der Waals surface area contributed by atoms with Gasteiger partial charge in [-0.3, -0.25) is 4.79 Å². The molecule has 1 saturated heterocycles. The molecule has 2 unspecified atom stereocenters. The molecular weight excluding hydrogens is 228 g/mol. The van der Waals surface area contributed by atoms with E-state index in [9.17, 15) is 4.79 Å². The quantitative estimate of drug-likeness (QED) is 0.726. The first-order chi connectivity index (χ1) is 8.16. The summed E-state index contributed by atoms with van der Waals surface area (Å²) in [6.45, 7) is 12.8. The molecule has 18 heavy (non-hydrogen) atoms. The lowest BCUT2D eigenvalue weighted by Crippen LogP contribution is -2.40. The van der Waals surface area contributed by atoms with Crippen LogP contribution in [0, 0.1) is 16.7 Å². The molecule has 0 N–H and O–H groups in total. The summed E-state index contributed by atoms with van der Waals surface area (Å²) in [5, 5.41) is 0. The summed E-state index contributed by atoms with van der Waals surface area (Å²) in [5.74, 6) is 0.223. The molecular formula is C15H28O3. The van der Waals surface area contributed by atoms with E-state index in [1.165, 1.54) is 7.11 Å². The summed E-state index contributed by atoms with van der Waals surface area (Å²) in [5.41, 5.74) is -0.459. The van der Waals surface area contributed by atoms with Gasteiger partial charge in [-0.2, -0.15) is 0 Å². The van der Waals surface area contributed by atoms with Gasteiger partial charge in [-0.15, -0.1) is 0 Å². The van der Waals surface area contributed by atoms with Gasteiger partial charge in [0.15, 0.2) is 0 Å². The highest BCUT2D eigenvalue weighted by atomic mass is 16.5. The van der Waals surface area contributed by atoms with Gasteiger partial charge in [-0.05, 0) is 24.7 Å². The lowest BCUT2D eigenvalue weighted by molar-refractivity contribution is -0.157. The molecule has 3 heteroatoms. The van der Waals surface area contributed by atoms with E-state index in [1.54, 1.807) is 0 Å². The fourth-order valence-electron chi connectivity index (χ4n) is 2.80. The number of esters is 1. The van der Waals surface area contributed by atoms with E-state index < -0.39 is 5.41 Å². The summed E-state index contributed by atoms with van der Waals surface area (Å²) < 4.78 is 11.2. The zero-order valence-corrected chi connectivity index (χ0v) is 12.9. The molecule has 0 aromatic heterocycles. The molecule has 1 aliphatic rings. The third-order valence-electron chi connectivity index (χ3n) is 4.33. The third kappa shape index (κ3) is 2.71. The van der Waals surface area contributed by atoms with E-state index in [0.29, 0.717) is 5.92 Å². The SMILES string of the molecule is CCC(C)[C@H]1O[C@@H](C(C)(C)C)CC1(C)C(=O)OC. The smallest absolute Gasteiger partial charge is 0.314 e. The normalized spacial score (nSPS) is 34.4. The van der Waals surface area contributed by atoms with Gasteiger partial charge < -0.3 is 9.47 Å². The van der Waals surface area contributed by atoms with E-state index in [4.69, 9.17) is 9.47 Å². The lowest BCUT2D eigenvalue weighted by atomic mass is 9.73. The van der Waals surface area contributed by atoms with Gasteiger partial charge in [0.25, 0.3) is 0 Å². The van der Waals surface area contributed by atoms with Crippen LogP contribution in [0.3, 0.4) is 0 Å². The Bertz CT molecular complexity index is 305. The van der Waals surface area contributed by atoms with Crippen LogP contribution >= 0.6 is 0 Å². The average Bonchev–Trinajstić information content (AvgIpc) is 2.66. The minimum Gasteiger partial charge on any atom is -0.469 e. The topological polar surface area (TPSA) is 35.5 Å². The van der Waals surface area contributed by atoms with Crippen molar-refractivity contribution in [2.24, 2.45) is 16.7 Å². The number of carbonyl (C=O) groups excluding carboxylic acids is 1. The van der Waals surface area contributed by atoms with Crippen molar-refractivity contribution in [3.05, 3.63) is 0 Å². The molecule has 3 nitrogen and oxygen atoms in total. The molecule has 4 atom stereocenters. The van der Waals surface area contributed by atoms with Gasteiger partial charge in [-0.25, -0.2) is 0 Å². The summed E-state index contributed by atoms with van der Waals surface area (Å²) in [4.78, 5) is 12.1. The van der Waals surface area contributed by atoms with E-state index in [0.717, 1.165) is 12.8 Å². The predicted molar refractivity (Wildman–Crippen MR) is 72.3 cm³/mol. The molecule has 0 aromatic rings. The molecule has 1 aliphatic heterocycles. The number of ether oxygens (including phenoxy) is 2. The Hall–Kier alpha value is -0.570. The van der Waals surface area contributed by atoms with Crippen LogP contribution < -0.4 is 0 Å². The fourth-order valence-corrected chi connectivity index (χ4v) is 2.80. The molecule has 0 radical (unpaired) electrons. The van der Waals surface area contributed by atoms with Gasteiger partial charge in [-0.1, -0.05) is 41.0 Å². The van der Waals surface area contributed by atoms with Crippen LogP contribution in [-0.2, 0) is 14.3 Å². The van der Waals surface area contributed by atoms with Crippen LogP contribution in [0.4, 0.5) is 0 Å². The fraction of sp³-hybridized carbons (Fsp3) is 0.933. The van der Waals surface area contributed by atoms with Crippen molar-refractivity contribution in [3.8, 4) is 0 Å². The van der Waals surface area contributed by atoms with Crippen LogP contribution in [0.15, 0.2) is 0 Å². The monoisotopic (exact) mass is 256 g/mol. The molecule has 1 fully saturated rings. The first kappa shape index (κ1) is 15.5. The molecule has 0 saturated carbocycles. The van der Waals surface area contributed by atoms with Crippen LogP contribution in [0.25, 0.3) is 0 Å². The van der Waals surface area contributed by atoms with E-state index >= 15 is 0 Å². The van der Waals surface area contributed by atoms with Crippen molar-refractivity contribution in [1.82, 2.24) is 0 Å². The number of methoxy groups -OCH3 is 1. The van der Waals surface area contributed by atoms with Crippen molar-refractivity contribution in [1.29, 1.82) is 0 Å². The van der Waals surface area contributed by atoms with Crippen LogP contribution in [0.5, 0.6) is 0 Å². The largest absolute Gasteiger partial charge is 0.469 e. The first-order valence-electron chi connectivity index (χ1n) is 6.90. The average molecular weight is 256 g/mol. The maximum absolute atomic E-state index is 12.1. The first-order valence-corrected chi connectivity index (χ1v) is 6.90. The molecule has 0 spiro atoms. The highest BCUT2D eigenvalue weighted by Gasteiger charge is 2.55. The van der Waals surface area contributed by atoms with Crippen molar-refractivity contribution < 1.29 is 14.3 Å². The summed E-state index contributed by atoms with van der Waals surface area (Å²) in [7, 11) is 1.46. The summed E-state index contributed by atoms with van der Waals surface area (Å²) in [6, 6.07) is 0. The number of carbonyl (C=O) groups is 1. The summed E-state index contributed by atoms with van der Waals surface area (Å²) in [6.07, 6.45) is 1.83. The van der Waals surface area contributed by atoms with Crippen molar-refractivity contribution in [2.45, 2.75) is 66.6 Å². The van der Waals surface area contributed by atoms with Gasteiger partial charge in [0.05, 0.1) is 24.7 Å². The Labute approximate surface area is 111 Å². The van der Waals surface area contributed by atoms with E-state index in [-0.39, 0.29) is 23.6 Å². The number of rotatable bonds is 3. The molecule has 0 aliphatic carbocycles. The Morgan fingerprint density at radius 3 is 2.44 bits per heavy atom. The lowest BCUT2D eigenvalue weighted by Gasteiger charge is -2.31. The Kier molecular flexibility index (Phi) is 4.47. The van der Waals surface area contributed by atoms with Crippen molar-refractivity contribution in [3.63, 3.8) is 0 Å². The second kappa shape index (κ2) is 5.20. The molecule has 0 aromatic carbocycles. The van der Waals surface area contributed by atoms with Gasteiger partial charge in [0, 0.05) is 0 Å². The van der Waals surface area contributed by atoms with Gasteiger partial charge >= 0.3 is 5.97 Å². The zero-order chi connectivity index (χ0) is 14.1. The molecule has 1 heterocycles. The number of hydrogen-bond acceptors (Lipinski definition) is 3. The highest BCUT2D eigenvalue weighted by Crippen LogP contribution is 2.48. The zero-order valence-electron chi connectivity index (χ0n) is 12.9. The predicted octanol–water partition coefficient (Wildman–Crippen LogP) is 3.42. The molecule has 0 bridgehead atoms. The minimum atomic E-state index is -0.512. The van der Waals surface area contributed by atoms with Crippen LogP contribution in [-0.4, -0.2) is 25.3 Å². The van der Waals surface area contributed by atoms with Crippen molar-refractivity contribution in [2.75, 3.05) is 7.11 Å². The second-order valence-electron chi connectivity index (χ2n) is 6.91. The second-order valence-corrected chi connectivity index (χ2v) is 6.91. The standard InChI is InChI=1S/C15H28O3/c1-8-10(2)12-15(6,13(16)17-7)9-11(18-12)14(3,4)5/h10-12H,8-9H2,1-7H3/t10?,11-,12-,15?/m1/s1. The minimum absolute atomic E-state index is 0.0424. The summed E-state index contributed by atoms with van der Waals surface area (Å²) >= 11 is 0. The van der Waals surface area contributed by atoms with E-state index in [2.05, 4.69) is 34.6 Å². The van der Waals surface area contributed by atoms with Gasteiger partial charge in [0.1, 0.15) is 0 Å². The maximum atomic E-state index is 12.1. The number of hydrogen-bond donors (Lipinski definition) is 0. The molecule has 0 amide bonds. The van der Waals surface area contributed by atoms with E-state index in [1.807, 2.05) is 6.92 Å². The molecule has 1 rings (SSSR count). The van der Waals surface area contributed by atoms with Crippen LogP contribution in [0.2, 0.25) is 0 Å². The highest BCUT2D eigenvalue weighted by molar-refractivity contribution is 5.77. The molecule has 106 valence electrons. The Morgan fingerprint density at radius 1 is 1.50 bits per heavy atom.